The summed E-state index contributed by atoms with van der Waals surface area (Å²) in [6.07, 6.45) is 6.85. The van der Waals surface area contributed by atoms with Crippen LogP contribution in [0.2, 0.25) is 0 Å². The van der Waals surface area contributed by atoms with Crippen molar-refractivity contribution in [1.29, 1.82) is 0 Å². The second-order valence-electron chi connectivity index (χ2n) is 6.22. The Morgan fingerprint density at radius 2 is 1.95 bits per heavy atom. The maximum Gasteiger partial charge on any atom is 0.0145 e. The quantitative estimate of drug-likeness (QED) is 0.883. The Kier molecular flexibility index (Phi) is 4.18. The fourth-order valence-electron chi connectivity index (χ4n) is 3.82. The molecule has 0 aromatic heterocycles. The summed E-state index contributed by atoms with van der Waals surface area (Å²) < 4.78 is 0. The van der Waals surface area contributed by atoms with Gasteiger partial charge in [0, 0.05) is 22.6 Å². The van der Waals surface area contributed by atoms with Gasteiger partial charge in [-0.3, -0.25) is 0 Å². The zero-order chi connectivity index (χ0) is 13.2. The van der Waals surface area contributed by atoms with Crippen LogP contribution in [0, 0.1) is 11.8 Å². The van der Waals surface area contributed by atoms with Crippen LogP contribution in [0.15, 0.2) is 29.2 Å². The first-order chi connectivity index (χ1) is 9.29. The first-order valence-corrected chi connectivity index (χ1v) is 8.75. The summed E-state index contributed by atoms with van der Waals surface area (Å²) in [5.41, 5.74) is 8.15. The van der Waals surface area contributed by atoms with E-state index in [1.165, 1.54) is 48.3 Å². The molecule has 1 aliphatic carbocycles. The Hall–Kier alpha value is -0.470. The van der Waals surface area contributed by atoms with Gasteiger partial charge in [0.25, 0.3) is 0 Å². The number of nitrogens with two attached hydrogens (primary N) is 1. The fourth-order valence-corrected chi connectivity index (χ4v) is 5.14. The highest BCUT2D eigenvalue weighted by atomic mass is 32.2. The predicted molar refractivity (Wildman–Crippen MR) is 83.6 cm³/mol. The summed E-state index contributed by atoms with van der Waals surface area (Å²) >= 11 is 1.99. The molecule has 1 saturated carbocycles. The number of rotatable bonds is 3. The molecule has 3 rings (SSSR count). The van der Waals surface area contributed by atoms with Crippen molar-refractivity contribution >= 4 is 11.8 Å². The lowest BCUT2D eigenvalue weighted by Gasteiger charge is -2.34. The fraction of sp³-hybridized carbons (Fsp3) is 0.647. The Morgan fingerprint density at radius 3 is 2.68 bits per heavy atom. The first kappa shape index (κ1) is 13.5. The minimum Gasteiger partial charge on any atom is -0.327 e. The monoisotopic (exact) mass is 275 g/mol. The molecule has 0 saturated heterocycles. The normalized spacial score (nSPS) is 32.0. The van der Waals surface area contributed by atoms with E-state index in [0.29, 0.717) is 12.0 Å². The standard InChI is InChI=1S/C17H25NS/c1-2-12-7-9-13(10-8-12)17(18)15-11-19-16-6-4-3-5-14(15)16/h3-6,12-13,15,17H,2,7-11,18H2,1H3. The Morgan fingerprint density at radius 1 is 1.21 bits per heavy atom. The molecule has 2 unspecified atom stereocenters. The van der Waals surface area contributed by atoms with Crippen LogP contribution in [-0.2, 0) is 0 Å². The SMILES string of the molecule is CCC1CCC(C(N)C2CSc3ccccc32)CC1. The molecule has 2 heteroatoms. The summed E-state index contributed by atoms with van der Waals surface area (Å²) in [6.45, 7) is 2.33. The van der Waals surface area contributed by atoms with Crippen molar-refractivity contribution in [3.05, 3.63) is 29.8 Å². The first-order valence-electron chi connectivity index (χ1n) is 7.77. The summed E-state index contributed by atoms with van der Waals surface area (Å²) in [5, 5.41) is 0. The molecule has 2 aliphatic rings. The van der Waals surface area contributed by atoms with Crippen molar-refractivity contribution in [1.82, 2.24) is 0 Å². The van der Waals surface area contributed by atoms with Crippen LogP contribution in [-0.4, -0.2) is 11.8 Å². The minimum absolute atomic E-state index is 0.369. The number of fused-ring (bicyclic) bond motifs is 1. The van der Waals surface area contributed by atoms with Crippen molar-refractivity contribution in [3.8, 4) is 0 Å². The van der Waals surface area contributed by atoms with Crippen LogP contribution < -0.4 is 5.73 Å². The summed E-state index contributed by atoms with van der Waals surface area (Å²) in [7, 11) is 0. The highest BCUT2D eigenvalue weighted by Crippen LogP contribution is 2.44. The molecule has 0 amide bonds. The number of hydrogen-bond acceptors (Lipinski definition) is 2. The van der Waals surface area contributed by atoms with Crippen LogP contribution in [0.4, 0.5) is 0 Å². The van der Waals surface area contributed by atoms with E-state index in [2.05, 4.69) is 31.2 Å². The van der Waals surface area contributed by atoms with Crippen LogP contribution in [0.25, 0.3) is 0 Å². The van der Waals surface area contributed by atoms with Crippen molar-refractivity contribution in [2.75, 3.05) is 5.75 Å². The molecule has 1 fully saturated rings. The van der Waals surface area contributed by atoms with Gasteiger partial charge < -0.3 is 5.73 Å². The lowest BCUT2D eigenvalue weighted by atomic mass is 9.74. The number of thioether (sulfide) groups is 1. The molecule has 1 aliphatic heterocycles. The van der Waals surface area contributed by atoms with Gasteiger partial charge in [-0.1, -0.05) is 44.4 Å². The highest BCUT2D eigenvalue weighted by molar-refractivity contribution is 7.99. The third kappa shape index (κ3) is 2.71. The van der Waals surface area contributed by atoms with Crippen molar-refractivity contribution in [3.63, 3.8) is 0 Å². The van der Waals surface area contributed by atoms with Gasteiger partial charge in [0.1, 0.15) is 0 Å². The Bertz CT molecular complexity index is 423. The van der Waals surface area contributed by atoms with Gasteiger partial charge in [-0.05, 0) is 36.3 Å². The minimum atomic E-state index is 0.369. The van der Waals surface area contributed by atoms with Gasteiger partial charge in [-0.2, -0.15) is 0 Å². The van der Waals surface area contributed by atoms with Crippen molar-refractivity contribution in [2.24, 2.45) is 17.6 Å². The molecule has 0 spiro atoms. The molecule has 1 aromatic rings. The molecule has 2 atom stereocenters. The second kappa shape index (κ2) is 5.88. The van der Waals surface area contributed by atoms with E-state index < -0.39 is 0 Å². The molecule has 1 aromatic carbocycles. The van der Waals surface area contributed by atoms with E-state index in [-0.39, 0.29) is 0 Å². The molecular formula is C17H25NS. The van der Waals surface area contributed by atoms with E-state index in [1.54, 1.807) is 0 Å². The maximum absolute atomic E-state index is 6.64. The lowest BCUT2D eigenvalue weighted by molar-refractivity contribution is 0.227. The molecule has 1 nitrogen and oxygen atoms in total. The molecular weight excluding hydrogens is 250 g/mol. The van der Waals surface area contributed by atoms with Crippen LogP contribution in [0.5, 0.6) is 0 Å². The molecule has 104 valence electrons. The van der Waals surface area contributed by atoms with Crippen LogP contribution >= 0.6 is 11.8 Å². The van der Waals surface area contributed by atoms with Crippen LogP contribution in [0.1, 0.15) is 50.5 Å². The summed E-state index contributed by atoms with van der Waals surface area (Å²) in [5.74, 6) is 3.49. The Labute approximate surface area is 121 Å². The summed E-state index contributed by atoms with van der Waals surface area (Å²) in [4.78, 5) is 1.46. The van der Waals surface area contributed by atoms with E-state index in [4.69, 9.17) is 5.73 Å². The number of benzene rings is 1. The van der Waals surface area contributed by atoms with Gasteiger partial charge in [0.05, 0.1) is 0 Å². The zero-order valence-corrected chi connectivity index (χ0v) is 12.7. The van der Waals surface area contributed by atoms with Crippen molar-refractivity contribution in [2.45, 2.75) is 55.9 Å². The van der Waals surface area contributed by atoms with E-state index in [0.717, 1.165) is 11.8 Å². The smallest absolute Gasteiger partial charge is 0.0145 e. The third-order valence-corrected chi connectivity index (χ3v) is 6.42. The van der Waals surface area contributed by atoms with E-state index in [1.807, 2.05) is 11.8 Å². The van der Waals surface area contributed by atoms with Gasteiger partial charge in [0.15, 0.2) is 0 Å². The topological polar surface area (TPSA) is 26.0 Å². The van der Waals surface area contributed by atoms with Gasteiger partial charge >= 0.3 is 0 Å². The van der Waals surface area contributed by atoms with Gasteiger partial charge in [-0.15, -0.1) is 11.8 Å². The molecule has 19 heavy (non-hydrogen) atoms. The van der Waals surface area contributed by atoms with Gasteiger partial charge in [0.2, 0.25) is 0 Å². The maximum atomic E-state index is 6.64. The third-order valence-electron chi connectivity index (χ3n) is 5.21. The van der Waals surface area contributed by atoms with E-state index >= 15 is 0 Å². The lowest BCUT2D eigenvalue weighted by Crippen LogP contribution is -2.38. The number of hydrogen-bond donors (Lipinski definition) is 1. The summed E-state index contributed by atoms with van der Waals surface area (Å²) in [6, 6.07) is 9.22. The zero-order valence-electron chi connectivity index (χ0n) is 11.8. The molecule has 0 radical (unpaired) electrons. The average molecular weight is 275 g/mol. The molecule has 1 heterocycles. The Balaban J connectivity index is 1.67. The van der Waals surface area contributed by atoms with E-state index in [9.17, 15) is 0 Å². The highest BCUT2D eigenvalue weighted by Gasteiger charge is 2.34. The predicted octanol–water partition coefficient (Wildman–Crippen LogP) is 4.42. The largest absolute Gasteiger partial charge is 0.327 e. The average Bonchev–Trinajstić information content (AvgIpc) is 2.90. The molecule has 0 bridgehead atoms. The molecule has 2 N–H and O–H groups in total. The van der Waals surface area contributed by atoms with Crippen LogP contribution in [0.3, 0.4) is 0 Å². The van der Waals surface area contributed by atoms with Gasteiger partial charge in [-0.25, -0.2) is 0 Å². The van der Waals surface area contributed by atoms with Crippen molar-refractivity contribution < 1.29 is 0 Å². The second-order valence-corrected chi connectivity index (χ2v) is 7.28.